The lowest BCUT2D eigenvalue weighted by atomic mass is 10.0. The second kappa shape index (κ2) is 4.79. The van der Waals surface area contributed by atoms with Crippen molar-refractivity contribution in [2.24, 2.45) is 5.11 Å². The number of azide groups is 1. The van der Waals surface area contributed by atoms with Crippen molar-refractivity contribution in [3.05, 3.63) is 10.4 Å². The summed E-state index contributed by atoms with van der Waals surface area (Å²) in [6.45, 7) is 4.02. The van der Waals surface area contributed by atoms with Crippen LogP contribution in [0.5, 0.6) is 0 Å². The minimum absolute atomic E-state index is 0.0656. The molecule has 0 spiro atoms. The molecule has 0 aliphatic carbocycles. The SMILES string of the molecule is CC(C)(I)C(CCO)N=[N+]=[N-]. The molecule has 0 aliphatic heterocycles. The van der Waals surface area contributed by atoms with E-state index in [9.17, 15) is 0 Å². The number of halogens is 1. The van der Waals surface area contributed by atoms with E-state index in [-0.39, 0.29) is 16.1 Å². The van der Waals surface area contributed by atoms with E-state index < -0.39 is 0 Å². The predicted molar refractivity (Wildman–Crippen MR) is 52.7 cm³/mol. The fraction of sp³-hybridized carbons (Fsp3) is 1.00. The Hall–Kier alpha value is -0.0000000000000000555. The van der Waals surface area contributed by atoms with Gasteiger partial charge in [0.2, 0.25) is 0 Å². The van der Waals surface area contributed by atoms with Gasteiger partial charge in [0.1, 0.15) is 0 Å². The van der Waals surface area contributed by atoms with Crippen LogP contribution in [-0.4, -0.2) is 21.2 Å². The molecular weight excluding hydrogens is 257 g/mol. The van der Waals surface area contributed by atoms with Gasteiger partial charge in [0.15, 0.2) is 0 Å². The average Bonchev–Trinajstić information content (AvgIpc) is 1.85. The molecule has 0 aliphatic rings. The molecule has 11 heavy (non-hydrogen) atoms. The van der Waals surface area contributed by atoms with Crippen molar-refractivity contribution >= 4 is 22.6 Å². The van der Waals surface area contributed by atoms with Crippen molar-refractivity contribution in [3.8, 4) is 0 Å². The summed E-state index contributed by atoms with van der Waals surface area (Å²) in [5, 5.41) is 12.2. The Labute approximate surface area is 79.8 Å². The van der Waals surface area contributed by atoms with Gasteiger partial charge < -0.3 is 5.11 Å². The molecule has 0 saturated heterocycles. The lowest BCUT2D eigenvalue weighted by molar-refractivity contribution is 0.269. The van der Waals surface area contributed by atoms with Gasteiger partial charge in [-0.05, 0) is 12.0 Å². The van der Waals surface area contributed by atoms with E-state index in [1.54, 1.807) is 0 Å². The zero-order valence-corrected chi connectivity index (χ0v) is 8.82. The normalized spacial score (nSPS) is 13.8. The highest BCUT2D eigenvalue weighted by molar-refractivity contribution is 14.1. The van der Waals surface area contributed by atoms with Gasteiger partial charge in [-0.3, -0.25) is 0 Å². The van der Waals surface area contributed by atoms with Crippen molar-refractivity contribution in [1.29, 1.82) is 0 Å². The van der Waals surface area contributed by atoms with Crippen LogP contribution in [0, 0.1) is 0 Å². The van der Waals surface area contributed by atoms with Crippen LogP contribution >= 0.6 is 22.6 Å². The second-order valence-electron chi connectivity index (χ2n) is 2.80. The van der Waals surface area contributed by atoms with E-state index in [1.165, 1.54) is 0 Å². The first kappa shape index (κ1) is 11.0. The van der Waals surface area contributed by atoms with Crippen molar-refractivity contribution in [2.45, 2.75) is 29.7 Å². The Morgan fingerprint density at radius 2 is 2.27 bits per heavy atom. The van der Waals surface area contributed by atoms with Crippen molar-refractivity contribution in [3.63, 3.8) is 0 Å². The molecule has 5 heteroatoms. The van der Waals surface area contributed by atoms with Gasteiger partial charge in [-0.25, -0.2) is 0 Å². The Bertz CT molecular complexity index is 160. The third kappa shape index (κ3) is 4.44. The molecule has 64 valence electrons. The Balaban J connectivity index is 4.21. The van der Waals surface area contributed by atoms with Gasteiger partial charge in [-0.15, -0.1) is 0 Å². The summed E-state index contributed by atoms with van der Waals surface area (Å²) in [4.78, 5) is 2.73. The first-order valence-electron chi connectivity index (χ1n) is 3.36. The second-order valence-corrected chi connectivity index (χ2v) is 5.58. The molecule has 1 atom stereocenters. The maximum atomic E-state index is 8.64. The van der Waals surface area contributed by atoms with Gasteiger partial charge in [-0.1, -0.05) is 41.6 Å². The Morgan fingerprint density at radius 3 is 2.55 bits per heavy atom. The Kier molecular flexibility index (Phi) is 4.79. The monoisotopic (exact) mass is 269 g/mol. The number of hydrogen-bond donors (Lipinski definition) is 1. The van der Waals surface area contributed by atoms with Crippen LogP contribution in [0.4, 0.5) is 0 Å². The van der Waals surface area contributed by atoms with Crippen molar-refractivity contribution < 1.29 is 5.11 Å². The Morgan fingerprint density at radius 1 is 1.73 bits per heavy atom. The van der Waals surface area contributed by atoms with Gasteiger partial charge >= 0.3 is 0 Å². The molecule has 0 fully saturated rings. The number of alkyl halides is 1. The van der Waals surface area contributed by atoms with Crippen molar-refractivity contribution in [2.75, 3.05) is 6.61 Å². The van der Waals surface area contributed by atoms with Gasteiger partial charge in [0.05, 0.1) is 6.04 Å². The number of aliphatic hydroxyl groups is 1. The van der Waals surface area contributed by atoms with E-state index in [0.29, 0.717) is 6.42 Å². The molecular formula is C6H12IN3O. The van der Waals surface area contributed by atoms with Crippen LogP contribution in [0.15, 0.2) is 5.11 Å². The van der Waals surface area contributed by atoms with Crippen LogP contribution in [0.25, 0.3) is 10.4 Å². The smallest absolute Gasteiger partial charge is 0.0536 e. The summed E-state index contributed by atoms with van der Waals surface area (Å²) < 4.78 is -0.0906. The van der Waals surface area contributed by atoms with Gasteiger partial charge in [0.25, 0.3) is 0 Å². The summed E-state index contributed by atoms with van der Waals surface area (Å²) in [5.41, 5.74) is 8.20. The standard InChI is InChI=1S/C6H12IN3O/c1-6(2,7)5(3-4-11)9-10-8/h5,11H,3-4H2,1-2H3. The van der Waals surface area contributed by atoms with Gasteiger partial charge in [0, 0.05) is 14.9 Å². The lowest BCUT2D eigenvalue weighted by Crippen LogP contribution is -2.28. The number of nitrogens with zero attached hydrogens (tertiary/aromatic N) is 3. The maximum absolute atomic E-state index is 8.64. The van der Waals surface area contributed by atoms with E-state index in [4.69, 9.17) is 10.6 Å². The third-order valence-corrected chi connectivity index (χ3v) is 2.10. The molecule has 0 aromatic heterocycles. The molecule has 0 aromatic rings. The average molecular weight is 269 g/mol. The highest BCUT2D eigenvalue weighted by atomic mass is 127. The molecule has 1 unspecified atom stereocenters. The lowest BCUT2D eigenvalue weighted by Gasteiger charge is -2.23. The van der Waals surface area contributed by atoms with E-state index in [0.717, 1.165) is 0 Å². The fourth-order valence-electron chi connectivity index (χ4n) is 0.723. The number of rotatable bonds is 4. The quantitative estimate of drug-likeness (QED) is 0.275. The first-order valence-corrected chi connectivity index (χ1v) is 4.44. The fourth-order valence-corrected chi connectivity index (χ4v) is 1.16. The molecule has 0 heterocycles. The molecule has 0 aromatic carbocycles. The number of aliphatic hydroxyl groups excluding tert-OH is 1. The zero-order valence-electron chi connectivity index (χ0n) is 6.66. The molecule has 0 bridgehead atoms. The largest absolute Gasteiger partial charge is 0.396 e. The topological polar surface area (TPSA) is 69.0 Å². The number of hydrogen-bond acceptors (Lipinski definition) is 2. The van der Waals surface area contributed by atoms with Gasteiger partial charge in [-0.2, -0.15) is 0 Å². The molecule has 0 amide bonds. The predicted octanol–water partition coefficient (Wildman–Crippen LogP) is 2.26. The van der Waals surface area contributed by atoms with Crippen LogP contribution < -0.4 is 0 Å². The minimum Gasteiger partial charge on any atom is -0.396 e. The summed E-state index contributed by atoms with van der Waals surface area (Å²) in [7, 11) is 0. The van der Waals surface area contributed by atoms with E-state index >= 15 is 0 Å². The van der Waals surface area contributed by atoms with E-state index in [1.807, 2.05) is 13.8 Å². The van der Waals surface area contributed by atoms with Crippen LogP contribution in [-0.2, 0) is 0 Å². The molecule has 4 nitrogen and oxygen atoms in total. The minimum atomic E-state index is -0.127. The maximum Gasteiger partial charge on any atom is 0.0536 e. The van der Waals surface area contributed by atoms with Crippen LogP contribution in [0.2, 0.25) is 0 Å². The summed E-state index contributed by atoms with van der Waals surface area (Å²) in [5.74, 6) is 0. The third-order valence-electron chi connectivity index (χ3n) is 1.39. The molecule has 0 saturated carbocycles. The van der Waals surface area contributed by atoms with Crippen LogP contribution in [0.1, 0.15) is 20.3 Å². The van der Waals surface area contributed by atoms with Crippen LogP contribution in [0.3, 0.4) is 0 Å². The summed E-state index contributed by atoms with van der Waals surface area (Å²) in [6, 6.07) is -0.127. The summed E-state index contributed by atoms with van der Waals surface area (Å²) in [6.07, 6.45) is 0.528. The molecule has 1 N–H and O–H groups in total. The first-order chi connectivity index (χ1) is 5.02. The highest BCUT2D eigenvalue weighted by Crippen LogP contribution is 2.26. The summed E-state index contributed by atoms with van der Waals surface area (Å²) >= 11 is 2.21. The van der Waals surface area contributed by atoms with E-state index in [2.05, 4.69) is 32.6 Å². The zero-order chi connectivity index (χ0) is 8.91. The van der Waals surface area contributed by atoms with Crippen molar-refractivity contribution in [1.82, 2.24) is 0 Å². The molecule has 0 radical (unpaired) electrons. The highest BCUT2D eigenvalue weighted by Gasteiger charge is 2.24. The molecule has 0 rings (SSSR count).